The lowest BCUT2D eigenvalue weighted by molar-refractivity contribution is 0.659. The van der Waals surface area contributed by atoms with E-state index in [1.165, 1.54) is 5.56 Å². The van der Waals surface area contributed by atoms with Gasteiger partial charge >= 0.3 is 0 Å². The Balaban J connectivity index is 2.02. The van der Waals surface area contributed by atoms with Crippen LogP contribution in [0.25, 0.3) is 0 Å². The smallest absolute Gasteiger partial charge is 0.0825 e. The highest BCUT2D eigenvalue weighted by Crippen LogP contribution is 2.16. The molecule has 0 fully saturated rings. The van der Waals surface area contributed by atoms with Crippen LogP contribution in [0.4, 0.5) is 5.69 Å². The number of hydrogen-bond acceptors (Lipinski definition) is 3. The first-order valence-corrected chi connectivity index (χ1v) is 5.47. The molecule has 0 aromatic carbocycles. The van der Waals surface area contributed by atoms with Gasteiger partial charge in [0.1, 0.15) is 0 Å². The van der Waals surface area contributed by atoms with E-state index in [1.807, 2.05) is 24.7 Å². The Bertz CT molecular complexity index is 449. The van der Waals surface area contributed by atoms with Gasteiger partial charge in [-0.1, -0.05) is 0 Å². The largest absolute Gasteiger partial charge is 0.378 e. The summed E-state index contributed by atoms with van der Waals surface area (Å²) < 4.78 is 1.92. The zero-order valence-electron chi connectivity index (χ0n) is 9.91. The summed E-state index contributed by atoms with van der Waals surface area (Å²) >= 11 is 0. The van der Waals surface area contributed by atoms with Crippen LogP contribution in [0.1, 0.15) is 23.9 Å². The highest BCUT2D eigenvalue weighted by Gasteiger charge is 2.05. The molecule has 0 radical (unpaired) electrons. The van der Waals surface area contributed by atoms with Crippen LogP contribution < -0.4 is 5.32 Å². The van der Waals surface area contributed by atoms with Crippen molar-refractivity contribution in [3.8, 4) is 0 Å². The predicted octanol–water partition coefficient (Wildman–Crippen LogP) is 1.86. The van der Waals surface area contributed by atoms with Gasteiger partial charge in [0.2, 0.25) is 0 Å². The van der Waals surface area contributed by atoms with Gasteiger partial charge in [0.05, 0.1) is 23.3 Å². The van der Waals surface area contributed by atoms with Gasteiger partial charge < -0.3 is 5.32 Å². The van der Waals surface area contributed by atoms with Crippen LogP contribution in [0, 0.1) is 13.8 Å². The predicted molar refractivity (Wildman–Crippen MR) is 63.3 cm³/mol. The zero-order valence-corrected chi connectivity index (χ0v) is 9.91. The average molecular weight is 219 g/mol. The molecule has 0 atom stereocenters. The van der Waals surface area contributed by atoms with Crippen molar-refractivity contribution >= 4 is 5.69 Å². The Morgan fingerprint density at radius 3 is 2.81 bits per heavy atom. The monoisotopic (exact) mass is 219 g/mol. The van der Waals surface area contributed by atoms with Crippen LogP contribution in [-0.4, -0.2) is 20.0 Å². The summed E-state index contributed by atoms with van der Waals surface area (Å²) in [5, 5.41) is 14.7. The second-order valence-corrected chi connectivity index (χ2v) is 3.87. The van der Waals surface area contributed by atoms with E-state index in [4.69, 9.17) is 0 Å². The van der Waals surface area contributed by atoms with E-state index in [-0.39, 0.29) is 0 Å². The van der Waals surface area contributed by atoms with Crippen LogP contribution in [0.2, 0.25) is 0 Å². The maximum absolute atomic E-state index is 4.23. The van der Waals surface area contributed by atoms with Crippen molar-refractivity contribution in [2.45, 2.75) is 33.9 Å². The minimum atomic E-state index is 0.779. The molecule has 0 bridgehead atoms. The molecule has 16 heavy (non-hydrogen) atoms. The number of nitrogens with zero attached hydrogens (tertiary/aromatic N) is 3. The highest BCUT2D eigenvalue weighted by atomic mass is 15.3. The van der Waals surface area contributed by atoms with Crippen molar-refractivity contribution in [2.24, 2.45) is 0 Å². The molecule has 2 rings (SSSR count). The fourth-order valence-corrected chi connectivity index (χ4v) is 1.67. The summed E-state index contributed by atoms with van der Waals surface area (Å²) in [5.74, 6) is 0. The lowest BCUT2D eigenvalue weighted by Gasteiger charge is -2.03. The molecule has 86 valence electrons. The molecule has 0 aliphatic rings. The number of hydrogen-bond donors (Lipinski definition) is 2. The molecule has 0 unspecified atom stereocenters. The zero-order chi connectivity index (χ0) is 11.5. The van der Waals surface area contributed by atoms with Crippen molar-refractivity contribution in [1.82, 2.24) is 20.0 Å². The number of rotatable bonds is 4. The van der Waals surface area contributed by atoms with Crippen LogP contribution in [0.5, 0.6) is 0 Å². The van der Waals surface area contributed by atoms with Gasteiger partial charge in [-0.05, 0) is 20.8 Å². The molecule has 5 heteroatoms. The molecule has 2 N–H and O–H groups in total. The molecule has 0 saturated carbocycles. The Morgan fingerprint density at radius 1 is 1.44 bits per heavy atom. The minimum Gasteiger partial charge on any atom is -0.378 e. The Labute approximate surface area is 94.9 Å². The highest BCUT2D eigenvalue weighted by molar-refractivity contribution is 5.51. The van der Waals surface area contributed by atoms with E-state index >= 15 is 0 Å². The van der Waals surface area contributed by atoms with E-state index in [2.05, 4.69) is 33.7 Å². The first-order chi connectivity index (χ1) is 7.70. The maximum Gasteiger partial charge on any atom is 0.0825 e. The third-order valence-electron chi connectivity index (χ3n) is 2.61. The first-order valence-electron chi connectivity index (χ1n) is 5.47. The van der Waals surface area contributed by atoms with Crippen molar-refractivity contribution in [2.75, 3.05) is 5.32 Å². The van der Waals surface area contributed by atoms with Crippen molar-refractivity contribution in [3.63, 3.8) is 0 Å². The van der Waals surface area contributed by atoms with E-state index < -0.39 is 0 Å². The van der Waals surface area contributed by atoms with E-state index in [0.717, 1.165) is 30.2 Å². The van der Waals surface area contributed by atoms with Crippen molar-refractivity contribution < 1.29 is 0 Å². The SMILES string of the molecule is CCn1cc(CNc2c(C)n[nH]c2C)cn1. The lowest BCUT2D eigenvalue weighted by Crippen LogP contribution is -2.00. The van der Waals surface area contributed by atoms with Gasteiger partial charge in [-0.25, -0.2) is 0 Å². The molecular formula is C11H17N5. The van der Waals surface area contributed by atoms with Gasteiger partial charge in [-0.3, -0.25) is 9.78 Å². The molecule has 2 aromatic rings. The number of aryl methyl sites for hydroxylation is 3. The summed E-state index contributed by atoms with van der Waals surface area (Å²) in [6, 6.07) is 0. The summed E-state index contributed by atoms with van der Waals surface area (Å²) in [6.45, 7) is 7.76. The number of anilines is 1. The number of nitrogens with one attached hydrogen (secondary N) is 2. The van der Waals surface area contributed by atoms with Crippen molar-refractivity contribution in [1.29, 1.82) is 0 Å². The van der Waals surface area contributed by atoms with Gasteiger partial charge in [0.25, 0.3) is 0 Å². The molecule has 2 heterocycles. The molecule has 5 nitrogen and oxygen atoms in total. The lowest BCUT2D eigenvalue weighted by atomic mass is 10.3. The van der Waals surface area contributed by atoms with Gasteiger partial charge in [0.15, 0.2) is 0 Å². The topological polar surface area (TPSA) is 58.5 Å². The number of aromatic amines is 1. The van der Waals surface area contributed by atoms with E-state index in [1.54, 1.807) is 0 Å². The molecule has 0 amide bonds. The Morgan fingerprint density at radius 2 is 2.25 bits per heavy atom. The van der Waals surface area contributed by atoms with Gasteiger partial charge in [-0.15, -0.1) is 0 Å². The molecule has 0 spiro atoms. The van der Waals surface area contributed by atoms with Crippen LogP contribution in [0.3, 0.4) is 0 Å². The fourth-order valence-electron chi connectivity index (χ4n) is 1.67. The third kappa shape index (κ3) is 2.08. The third-order valence-corrected chi connectivity index (χ3v) is 2.61. The second kappa shape index (κ2) is 4.38. The Kier molecular flexibility index (Phi) is 2.94. The second-order valence-electron chi connectivity index (χ2n) is 3.87. The van der Waals surface area contributed by atoms with Crippen LogP contribution in [-0.2, 0) is 13.1 Å². The Hall–Kier alpha value is -1.78. The molecular weight excluding hydrogens is 202 g/mol. The standard InChI is InChI=1S/C11H17N5/c1-4-16-7-10(6-13-16)5-12-11-8(2)14-15-9(11)3/h6-7,12H,4-5H2,1-3H3,(H,14,15). The molecule has 0 aliphatic heterocycles. The van der Waals surface area contributed by atoms with Crippen LogP contribution in [0.15, 0.2) is 12.4 Å². The summed E-state index contributed by atoms with van der Waals surface area (Å²) in [6.07, 6.45) is 3.94. The molecule has 2 aromatic heterocycles. The normalized spacial score (nSPS) is 10.7. The number of H-pyrrole nitrogens is 1. The summed E-state index contributed by atoms with van der Waals surface area (Å²) in [4.78, 5) is 0. The number of aromatic nitrogens is 4. The molecule has 0 aliphatic carbocycles. The van der Waals surface area contributed by atoms with E-state index in [0.29, 0.717) is 0 Å². The quantitative estimate of drug-likeness (QED) is 0.825. The molecule has 0 saturated heterocycles. The average Bonchev–Trinajstić information content (AvgIpc) is 2.85. The van der Waals surface area contributed by atoms with Gasteiger partial charge in [-0.2, -0.15) is 10.2 Å². The first kappa shape index (κ1) is 10.7. The fraction of sp³-hybridized carbons (Fsp3) is 0.455. The summed E-state index contributed by atoms with van der Waals surface area (Å²) in [7, 11) is 0. The summed E-state index contributed by atoms with van der Waals surface area (Å²) in [5.41, 5.74) is 4.34. The maximum atomic E-state index is 4.23. The van der Waals surface area contributed by atoms with E-state index in [9.17, 15) is 0 Å². The van der Waals surface area contributed by atoms with Crippen LogP contribution >= 0.6 is 0 Å². The minimum absolute atomic E-state index is 0.779. The van der Waals surface area contributed by atoms with Crippen molar-refractivity contribution in [3.05, 3.63) is 29.3 Å². The van der Waals surface area contributed by atoms with Gasteiger partial charge in [0, 0.05) is 24.8 Å².